The van der Waals surface area contributed by atoms with E-state index in [1.807, 2.05) is 72.8 Å². The number of hydrogen-bond acceptors (Lipinski definition) is 5. The summed E-state index contributed by atoms with van der Waals surface area (Å²) in [5.74, 6) is -3.52. The van der Waals surface area contributed by atoms with Gasteiger partial charge in [0.15, 0.2) is 5.78 Å². The van der Waals surface area contributed by atoms with E-state index in [2.05, 4.69) is 0 Å². The number of esters is 2. The van der Waals surface area contributed by atoms with E-state index in [0.717, 1.165) is 21.5 Å². The van der Waals surface area contributed by atoms with Crippen LogP contribution in [0.1, 0.15) is 47.8 Å². The van der Waals surface area contributed by atoms with Crippen molar-refractivity contribution in [3.05, 3.63) is 167 Å². The summed E-state index contributed by atoms with van der Waals surface area (Å²) in [6.45, 7) is 0. The Bertz CT molecular complexity index is 2020. The van der Waals surface area contributed by atoms with Crippen molar-refractivity contribution in [3.8, 4) is 0 Å². The molecule has 0 amide bonds. The second-order valence-electron chi connectivity index (χ2n) is 9.90. The number of ketones is 1. The molecule has 0 fully saturated rings. The summed E-state index contributed by atoms with van der Waals surface area (Å²) in [5.41, 5.74) is 1.97. The maximum Gasteiger partial charge on any atom is 0.342 e. The highest BCUT2D eigenvalue weighted by Crippen LogP contribution is 2.44. The van der Waals surface area contributed by atoms with E-state index >= 15 is 0 Å². The fourth-order valence-electron chi connectivity index (χ4n) is 5.54. The van der Waals surface area contributed by atoms with Crippen molar-refractivity contribution < 1.29 is 23.9 Å². The minimum Gasteiger partial charge on any atom is -0.410 e. The molecule has 41 heavy (non-hydrogen) atoms. The van der Waals surface area contributed by atoms with Gasteiger partial charge >= 0.3 is 17.7 Å². The summed E-state index contributed by atoms with van der Waals surface area (Å²) in [5, 5.41) is 3.59. The molecule has 0 saturated heterocycles. The number of carbonyl (C=O) groups excluding carboxylic acids is 3. The fraction of sp³-hybridized carbons (Fsp3) is 0.0278. The average molecular weight is 535 g/mol. The highest BCUT2D eigenvalue weighted by atomic mass is 16.7. The summed E-state index contributed by atoms with van der Waals surface area (Å²) in [6.07, 6.45) is 0. The van der Waals surface area contributed by atoms with Crippen LogP contribution in [0, 0.1) is 0 Å². The van der Waals surface area contributed by atoms with Gasteiger partial charge in [0.25, 0.3) is 0 Å². The molecule has 5 nitrogen and oxygen atoms in total. The van der Waals surface area contributed by atoms with E-state index in [4.69, 9.17) is 9.47 Å². The van der Waals surface area contributed by atoms with Gasteiger partial charge in [0.1, 0.15) is 0 Å². The number of rotatable bonds is 5. The van der Waals surface area contributed by atoms with Crippen LogP contribution in [0.2, 0.25) is 0 Å². The van der Waals surface area contributed by atoms with Crippen molar-refractivity contribution in [2.45, 2.75) is 5.79 Å². The summed E-state index contributed by atoms with van der Waals surface area (Å²) in [6, 6.07) is 39.8. The van der Waals surface area contributed by atoms with Gasteiger partial charge < -0.3 is 9.47 Å². The number of fused-ring (bicyclic) bond motifs is 3. The van der Waals surface area contributed by atoms with Crippen molar-refractivity contribution in [1.29, 1.82) is 0 Å². The average Bonchev–Trinajstić information content (AvgIpc) is 3.32. The van der Waals surface area contributed by atoms with Gasteiger partial charge in [0.2, 0.25) is 0 Å². The van der Waals surface area contributed by atoms with E-state index in [-0.39, 0.29) is 16.9 Å². The number of ether oxygens (including phenoxy) is 2. The van der Waals surface area contributed by atoms with Crippen LogP contribution in [0.3, 0.4) is 0 Å². The fourth-order valence-corrected chi connectivity index (χ4v) is 5.54. The van der Waals surface area contributed by atoms with Crippen LogP contribution >= 0.6 is 0 Å². The molecule has 0 saturated carbocycles. The first-order valence-electron chi connectivity index (χ1n) is 13.2. The minimum atomic E-state index is -1.83. The van der Waals surface area contributed by atoms with E-state index < -0.39 is 17.7 Å². The summed E-state index contributed by atoms with van der Waals surface area (Å²) in [4.78, 5) is 40.9. The molecule has 0 radical (unpaired) electrons. The van der Waals surface area contributed by atoms with Gasteiger partial charge in [-0.25, -0.2) is 9.59 Å². The van der Waals surface area contributed by atoms with Crippen molar-refractivity contribution in [3.63, 3.8) is 0 Å². The van der Waals surface area contributed by atoms with Gasteiger partial charge in [-0.05, 0) is 45.8 Å². The SMILES string of the molecule is O=C(OC1(c2ccc3ccccc3c2)OC(=O)c2ccccc21)c1ccccc1C(=O)c1cccc2ccccc12. The number of cyclic esters (lactones) is 1. The highest BCUT2D eigenvalue weighted by Gasteiger charge is 2.51. The zero-order valence-corrected chi connectivity index (χ0v) is 21.7. The third kappa shape index (κ3) is 3.98. The molecule has 0 N–H and O–H groups in total. The van der Waals surface area contributed by atoms with Crippen LogP contribution in [-0.2, 0) is 15.3 Å². The molecule has 1 unspecified atom stereocenters. The van der Waals surface area contributed by atoms with E-state index in [1.54, 1.807) is 60.7 Å². The molecule has 1 atom stereocenters. The minimum absolute atomic E-state index is 0.0750. The van der Waals surface area contributed by atoms with E-state index in [9.17, 15) is 14.4 Å². The maximum absolute atomic E-state index is 14.0. The van der Waals surface area contributed by atoms with Crippen molar-refractivity contribution in [2.75, 3.05) is 0 Å². The molecule has 0 spiro atoms. The first-order valence-corrected chi connectivity index (χ1v) is 13.2. The van der Waals surface area contributed by atoms with Gasteiger partial charge in [-0.1, -0.05) is 109 Å². The van der Waals surface area contributed by atoms with Crippen molar-refractivity contribution in [2.24, 2.45) is 0 Å². The monoisotopic (exact) mass is 534 g/mol. The van der Waals surface area contributed by atoms with Gasteiger partial charge in [-0.15, -0.1) is 0 Å². The molecule has 5 heteroatoms. The smallest absolute Gasteiger partial charge is 0.342 e. The van der Waals surface area contributed by atoms with Crippen LogP contribution < -0.4 is 0 Å². The standard InChI is InChI=1S/C36H22O5/c37-33(28-18-9-13-24-11-3-4-14-27(24)28)29-15-5-6-16-30(29)34(38)40-36(32-19-8-7-17-31(32)35(39)41-36)26-21-20-23-10-1-2-12-25(23)22-26/h1-22H. The van der Waals surface area contributed by atoms with Crippen LogP contribution in [0.5, 0.6) is 0 Å². The molecule has 1 heterocycles. The molecule has 0 aliphatic carbocycles. The topological polar surface area (TPSA) is 69.7 Å². The van der Waals surface area contributed by atoms with Crippen LogP contribution in [0.15, 0.2) is 133 Å². The predicted octanol–water partition coefficient (Wildman–Crippen LogP) is 7.45. The Morgan fingerprint density at radius 3 is 2.07 bits per heavy atom. The molecule has 196 valence electrons. The second kappa shape index (κ2) is 9.57. The molecule has 0 aromatic heterocycles. The zero-order valence-electron chi connectivity index (χ0n) is 21.7. The zero-order chi connectivity index (χ0) is 28.0. The normalized spacial score (nSPS) is 15.9. The lowest BCUT2D eigenvalue weighted by atomic mass is 9.93. The Hall–Kier alpha value is -5.55. The summed E-state index contributed by atoms with van der Waals surface area (Å²) in [7, 11) is 0. The van der Waals surface area contributed by atoms with E-state index in [0.29, 0.717) is 22.3 Å². The Labute approximate surface area is 235 Å². The molecule has 1 aliphatic rings. The van der Waals surface area contributed by atoms with Crippen LogP contribution in [-0.4, -0.2) is 17.7 Å². The highest BCUT2D eigenvalue weighted by molar-refractivity contribution is 6.19. The third-order valence-corrected chi connectivity index (χ3v) is 7.53. The first kappa shape index (κ1) is 24.5. The lowest BCUT2D eigenvalue weighted by Gasteiger charge is -2.29. The molecule has 6 aromatic carbocycles. The molecule has 1 aliphatic heterocycles. The Balaban J connectivity index is 1.35. The molecular formula is C36H22O5. The maximum atomic E-state index is 14.0. The third-order valence-electron chi connectivity index (χ3n) is 7.53. The van der Waals surface area contributed by atoms with Crippen molar-refractivity contribution >= 4 is 39.3 Å². The quantitative estimate of drug-likeness (QED) is 0.170. The Kier molecular flexibility index (Phi) is 5.72. The summed E-state index contributed by atoms with van der Waals surface area (Å²) < 4.78 is 12.1. The summed E-state index contributed by atoms with van der Waals surface area (Å²) >= 11 is 0. The Morgan fingerprint density at radius 2 is 1.22 bits per heavy atom. The molecular weight excluding hydrogens is 512 g/mol. The van der Waals surface area contributed by atoms with Crippen LogP contribution in [0.4, 0.5) is 0 Å². The Morgan fingerprint density at radius 1 is 0.585 bits per heavy atom. The first-order chi connectivity index (χ1) is 20.0. The number of carbonyl (C=O) groups is 3. The van der Waals surface area contributed by atoms with E-state index in [1.165, 1.54) is 0 Å². The van der Waals surface area contributed by atoms with Gasteiger partial charge in [0, 0.05) is 16.7 Å². The largest absolute Gasteiger partial charge is 0.410 e. The molecule has 7 rings (SSSR count). The van der Waals surface area contributed by atoms with Crippen LogP contribution in [0.25, 0.3) is 21.5 Å². The second-order valence-corrected chi connectivity index (χ2v) is 9.90. The lowest BCUT2D eigenvalue weighted by Crippen LogP contribution is -2.34. The molecule has 6 aromatic rings. The molecule has 0 bridgehead atoms. The van der Waals surface area contributed by atoms with Gasteiger partial charge in [-0.2, -0.15) is 0 Å². The van der Waals surface area contributed by atoms with Gasteiger partial charge in [-0.3, -0.25) is 4.79 Å². The van der Waals surface area contributed by atoms with Gasteiger partial charge in [0.05, 0.1) is 16.7 Å². The van der Waals surface area contributed by atoms with Crippen molar-refractivity contribution in [1.82, 2.24) is 0 Å². The lowest BCUT2D eigenvalue weighted by molar-refractivity contribution is -0.137. The number of hydrogen-bond donors (Lipinski definition) is 0. The number of benzene rings is 6. The predicted molar refractivity (Wildman–Crippen MR) is 156 cm³/mol.